The van der Waals surface area contributed by atoms with Crippen molar-refractivity contribution in [3.63, 3.8) is 0 Å². The van der Waals surface area contributed by atoms with E-state index in [-0.39, 0.29) is 5.91 Å². The quantitative estimate of drug-likeness (QED) is 0.627. The van der Waals surface area contributed by atoms with E-state index < -0.39 is 0 Å². The molecule has 0 aromatic carbocycles. The van der Waals surface area contributed by atoms with Gasteiger partial charge >= 0.3 is 0 Å². The van der Waals surface area contributed by atoms with E-state index >= 15 is 0 Å². The van der Waals surface area contributed by atoms with Gasteiger partial charge in [-0.15, -0.1) is 0 Å². The number of likely N-dealkylation sites (N-methyl/N-ethyl adjacent to an activating group) is 2. The number of unbranched alkanes of at least 4 members (excludes halogenated alkanes) is 1. The van der Waals surface area contributed by atoms with Crippen molar-refractivity contribution in [2.24, 2.45) is 0 Å². The molecule has 0 radical (unpaired) electrons. The molecule has 0 spiro atoms. The lowest BCUT2D eigenvalue weighted by Gasteiger charge is -2.22. The molecule has 3 heteroatoms. The summed E-state index contributed by atoms with van der Waals surface area (Å²) in [4.78, 5) is 12.9. The van der Waals surface area contributed by atoms with E-state index in [9.17, 15) is 4.79 Å². The number of carbonyl (C=O) groups is 1. The molecular formula is C11H22N2O. The minimum atomic E-state index is -0.0123. The Bertz CT molecular complexity index is 180. The minimum Gasteiger partial charge on any atom is -0.341 e. The highest BCUT2D eigenvalue weighted by Crippen LogP contribution is 2.02. The van der Waals surface area contributed by atoms with Gasteiger partial charge in [-0.25, -0.2) is 0 Å². The lowest BCUT2D eigenvalue weighted by atomic mass is 10.1. The first-order chi connectivity index (χ1) is 6.65. The van der Waals surface area contributed by atoms with E-state index in [1.165, 1.54) is 18.9 Å². The van der Waals surface area contributed by atoms with Gasteiger partial charge in [0.25, 0.3) is 0 Å². The average Bonchev–Trinajstić information content (AvgIpc) is 2.22. The van der Waals surface area contributed by atoms with Crippen LogP contribution in [0.4, 0.5) is 0 Å². The topological polar surface area (TPSA) is 32.3 Å². The van der Waals surface area contributed by atoms with Crippen LogP contribution in [0.15, 0.2) is 12.7 Å². The highest BCUT2D eigenvalue weighted by molar-refractivity contribution is 5.86. The number of carbonyl (C=O) groups excluding carboxylic acids is 1. The van der Waals surface area contributed by atoms with Crippen molar-refractivity contribution in [1.82, 2.24) is 10.2 Å². The van der Waals surface area contributed by atoms with Crippen molar-refractivity contribution in [2.75, 3.05) is 20.6 Å². The minimum absolute atomic E-state index is 0.0123. The van der Waals surface area contributed by atoms with Gasteiger partial charge in [-0.3, -0.25) is 4.79 Å². The third-order valence-electron chi connectivity index (χ3n) is 2.36. The fourth-order valence-corrected chi connectivity index (χ4v) is 1.35. The van der Waals surface area contributed by atoms with Crippen LogP contribution < -0.4 is 5.32 Å². The number of nitrogens with one attached hydrogen (secondary N) is 1. The zero-order valence-corrected chi connectivity index (χ0v) is 9.55. The highest BCUT2D eigenvalue weighted by atomic mass is 16.2. The molecule has 0 aromatic heterocycles. The van der Waals surface area contributed by atoms with Crippen LogP contribution in [0.5, 0.6) is 0 Å². The molecule has 82 valence electrons. The Balaban J connectivity index is 3.90. The second-order valence-corrected chi connectivity index (χ2v) is 3.55. The summed E-state index contributed by atoms with van der Waals surface area (Å²) in [7, 11) is 3.74. The Morgan fingerprint density at radius 3 is 2.71 bits per heavy atom. The van der Waals surface area contributed by atoms with Crippen molar-refractivity contribution in [1.29, 1.82) is 0 Å². The normalized spacial score (nSPS) is 12.2. The first-order valence-corrected chi connectivity index (χ1v) is 5.20. The van der Waals surface area contributed by atoms with Crippen molar-refractivity contribution >= 4 is 5.91 Å². The van der Waals surface area contributed by atoms with Crippen LogP contribution in [0.3, 0.4) is 0 Å². The Kier molecular flexibility index (Phi) is 7.11. The van der Waals surface area contributed by atoms with Gasteiger partial charge in [0, 0.05) is 19.6 Å². The predicted octanol–water partition coefficient (Wildman–Crippen LogP) is 1.41. The van der Waals surface area contributed by atoms with Crippen molar-refractivity contribution in [3.8, 4) is 0 Å². The molecule has 0 rings (SSSR count). The number of nitrogens with zero attached hydrogens (tertiary/aromatic N) is 1. The smallest absolute Gasteiger partial charge is 0.245 e. The molecule has 1 amide bonds. The van der Waals surface area contributed by atoms with Gasteiger partial charge in [-0.1, -0.05) is 26.3 Å². The summed E-state index contributed by atoms with van der Waals surface area (Å²) >= 11 is 0. The Morgan fingerprint density at radius 1 is 1.64 bits per heavy atom. The van der Waals surface area contributed by atoms with Crippen LogP contribution in [0.25, 0.3) is 0 Å². The van der Waals surface area contributed by atoms with Crippen LogP contribution in [0, 0.1) is 0 Å². The molecule has 1 unspecified atom stereocenters. The zero-order valence-electron chi connectivity index (χ0n) is 9.55. The maximum atomic E-state index is 11.2. The first-order valence-electron chi connectivity index (χ1n) is 5.20. The zero-order chi connectivity index (χ0) is 11.0. The molecule has 3 nitrogen and oxygen atoms in total. The van der Waals surface area contributed by atoms with E-state index in [4.69, 9.17) is 0 Å². The summed E-state index contributed by atoms with van der Waals surface area (Å²) in [6, 6.07) is 0.392. The Morgan fingerprint density at radius 2 is 2.29 bits per heavy atom. The molecular weight excluding hydrogens is 176 g/mol. The molecule has 0 heterocycles. The maximum absolute atomic E-state index is 11.2. The molecule has 0 fully saturated rings. The summed E-state index contributed by atoms with van der Waals surface area (Å²) in [6.07, 6.45) is 4.85. The van der Waals surface area contributed by atoms with Gasteiger partial charge in [0.15, 0.2) is 0 Å². The summed E-state index contributed by atoms with van der Waals surface area (Å²) < 4.78 is 0. The van der Waals surface area contributed by atoms with E-state index in [2.05, 4.69) is 18.8 Å². The van der Waals surface area contributed by atoms with Crippen LogP contribution in [0.2, 0.25) is 0 Å². The number of hydrogen-bond donors (Lipinski definition) is 1. The van der Waals surface area contributed by atoms with Gasteiger partial charge in [-0.2, -0.15) is 0 Å². The predicted molar refractivity (Wildman–Crippen MR) is 60.2 cm³/mol. The first kappa shape index (κ1) is 13.2. The monoisotopic (exact) mass is 198 g/mol. The average molecular weight is 198 g/mol. The maximum Gasteiger partial charge on any atom is 0.245 e. The van der Waals surface area contributed by atoms with Crippen molar-refractivity contribution in [3.05, 3.63) is 12.7 Å². The lowest BCUT2D eigenvalue weighted by molar-refractivity contribution is -0.125. The van der Waals surface area contributed by atoms with Crippen LogP contribution in [0.1, 0.15) is 26.2 Å². The SMILES string of the molecule is C=CC(=O)N(C)CC(CCCC)NC. The number of hydrogen-bond acceptors (Lipinski definition) is 2. The molecule has 1 atom stereocenters. The van der Waals surface area contributed by atoms with Gasteiger partial charge < -0.3 is 10.2 Å². The van der Waals surface area contributed by atoms with E-state index in [0.29, 0.717) is 6.04 Å². The molecule has 0 saturated carbocycles. The van der Waals surface area contributed by atoms with Crippen molar-refractivity contribution in [2.45, 2.75) is 32.2 Å². The van der Waals surface area contributed by atoms with Gasteiger partial charge in [-0.05, 0) is 19.5 Å². The molecule has 0 aromatic rings. The number of amides is 1. The lowest BCUT2D eigenvalue weighted by Crippen LogP contribution is -2.39. The standard InChI is InChI=1S/C11H22N2O/c1-5-7-8-10(12-3)9-13(4)11(14)6-2/h6,10,12H,2,5,7-9H2,1,3-4H3. The van der Waals surface area contributed by atoms with E-state index in [0.717, 1.165) is 13.0 Å². The second kappa shape index (κ2) is 7.56. The van der Waals surface area contributed by atoms with Gasteiger partial charge in [0.05, 0.1) is 0 Å². The fourth-order valence-electron chi connectivity index (χ4n) is 1.35. The molecule has 1 N–H and O–H groups in total. The fraction of sp³-hybridized carbons (Fsp3) is 0.727. The van der Waals surface area contributed by atoms with E-state index in [1.54, 1.807) is 11.9 Å². The third-order valence-corrected chi connectivity index (χ3v) is 2.36. The molecule has 0 saturated heterocycles. The summed E-state index contributed by atoms with van der Waals surface area (Å²) in [5.41, 5.74) is 0. The Labute approximate surface area is 87.2 Å². The molecule has 0 aliphatic rings. The summed E-state index contributed by atoms with van der Waals surface area (Å²) in [5.74, 6) is -0.0123. The molecule has 14 heavy (non-hydrogen) atoms. The van der Waals surface area contributed by atoms with E-state index in [1.807, 2.05) is 7.05 Å². The van der Waals surface area contributed by atoms with Crippen LogP contribution in [-0.2, 0) is 4.79 Å². The van der Waals surface area contributed by atoms with Gasteiger partial charge in [0.1, 0.15) is 0 Å². The molecule has 0 bridgehead atoms. The van der Waals surface area contributed by atoms with Crippen LogP contribution >= 0.6 is 0 Å². The van der Waals surface area contributed by atoms with Crippen molar-refractivity contribution < 1.29 is 4.79 Å². The van der Waals surface area contributed by atoms with Gasteiger partial charge in [0.2, 0.25) is 5.91 Å². The third kappa shape index (κ3) is 5.02. The molecule has 0 aliphatic heterocycles. The summed E-state index contributed by atoms with van der Waals surface area (Å²) in [5, 5.41) is 3.22. The highest BCUT2D eigenvalue weighted by Gasteiger charge is 2.11. The Hall–Kier alpha value is -0.830. The largest absolute Gasteiger partial charge is 0.341 e. The van der Waals surface area contributed by atoms with Crippen LogP contribution in [-0.4, -0.2) is 37.5 Å². The summed E-state index contributed by atoms with van der Waals surface area (Å²) in [6.45, 7) is 6.39. The number of rotatable bonds is 7. The molecule has 0 aliphatic carbocycles. The second-order valence-electron chi connectivity index (χ2n) is 3.55.